The lowest BCUT2D eigenvalue weighted by atomic mass is 10.1. The quantitative estimate of drug-likeness (QED) is 0.493. The molecule has 0 spiro atoms. The van der Waals surface area contributed by atoms with Crippen molar-refractivity contribution in [2.24, 2.45) is 0 Å². The van der Waals surface area contributed by atoms with Crippen LogP contribution in [-0.4, -0.2) is 9.97 Å². The Labute approximate surface area is 139 Å². The first-order valence-electron chi connectivity index (χ1n) is 6.05. The van der Waals surface area contributed by atoms with E-state index >= 15 is 0 Å². The van der Waals surface area contributed by atoms with E-state index in [0.29, 0.717) is 26.3 Å². The highest BCUT2D eigenvalue weighted by Crippen LogP contribution is 2.32. The molecule has 3 aromatic rings. The lowest BCUT2D eigenvalue weighted by Crippen LogP contribution is -1.95. The van der Waals surface area contributed by atoms with E-state index in [1.807, 2.05) is 19.1 Å². The highest BCUT2D eigenvalue weighted by atomic mass is 79.9. The van der Waals surface area contributed by atoms with Gasteiger partial charge in [-0.15, -0.1) is 0 Å². The van der Waals surface area contributed by atoms with E-state index < -0.39 is 5.82 Å². The first kappa shape index (κ1) is 14.7. The molecule has 2 nitrogen and oxygen atoms in total. The minimum Gasteiger partial charge on any atom is -0.225 e. The Hall–Kier alpha value is -1.23. The number of nitrogens with zero attached hydrogens (tertiary/aromatic N) is 2. The molecule has 0 N–H and O–H groups in total. The summed E-state index contributed by atoms with van der Waals surface area (Å²) in [6.45, 7) is 1.88. The maximum absolute atomic E-state index is 14.1. The van der Waals surface area contributed by atoms with Crippen molar-refractivity contribution >= 4 is 50.0 Å². The average molecular weight is 386 g/mol. The number of fused-ring (bicyclic) bond motifs is 1. The molecule has 0 aliphatic carbocycles. The highest BCUT2D eigenvalue weighted by molar-refractivity contribution is 9.10. The Morgan fingerprint density at radius 1 is 1.14 bits per heavy atom. The molecule has 0 radical (unpaired) electrons. The topological polar surface area (TPSA) is 25.8 Å². The van der Waals surface area contributed by atoms with Gasteiger partial charge in [-0.3, -0.25) is 0 Å². The van der Waals surface area contributed by atoms with Gasteiger partial charge in [0.2, 0.25) is 0 Å². The third-order valence-electron chi connectivity index (χ3n) is 3.10. The Balaban J connectivity index is 2.33. The molecule has 1 heterocycles. The monoisotopic (exact) mass is 384 g/mol. The van der Waals surface area contributed by atoms with E-state index in [1.165, 1.54) is 6.07 Å². The fraction of sp³-hybridized carbons (Fsp3) is 0.0667. The number of benzene rings is 2. The van der Waals surface area contributed by atoms with Crippen LogP contribution in [0, 0.1) is 12.7 Å². The van der Waals surface area contributed by atoms with Gasteiger partial charge in [0.05, 0.1) is 5.02 Å². The zero-order chi connectivity index (χ0) is 15.1. The molecule has 0 saturated heterocycles. The van der Waals surface area contributed by atoms with Crippen LogP contribution in [0.5, 0.6) is 0 Å². The largest absolute Gasteiger partial charge is 0.225 e. The van der Waals surface area contributed by atoms with Crippen LogP contribution in [0.3, 0.4) is 0 Å². The van der Waals surface area contributed by atoms with E-state index in [-0.39, 0.29) is 10.7 Å². The Bertz CT molecular complexity index is 868. The van der Waals surface area contributed by atoms with Crippen molar-refractivity contribution in [2.75, 3.05) is 0 Å². The van der Waals surface area contributed by atoms with Crippen LogP contribution in [-0.2, 0) is 0 Å². The van der Waals surface area contributed by atoms with Crippen LogP contribution >= 0.6 is 39.1 Å². The van der Waals surface area contributed by atoms with Crippen LogP contribution in [0.4, 0.5) is 4.39 Å². The van der Waals surface area contributed by atoms with E-state index in [1.54, 1.807) is 12.1 Å². The predicted molar refractivity (Wildman–Crippen MR) is 87.4 cm³/mol. The number of hydrogen-bond donors (Lipinski definition) is 0. The zero-order valence-corrected chi connectivity index (χ0v) is 13.9. The molecule has 3 rings (SSSR count). The van der Waals surface area contributed by atoms with E-state index in [9.17, 15) is 4.39 Å². The third-order valence-corrected chi connectivity index (χ3v) is 4.35. The van der Waals surface area contributed by atoms with Crippen molar-refractivity contribution in [3.8, 4) is 11.4 Å². The van der Waals surface area contributed by atoms with Gasteiger partial charge in [-0.05, 0) is 30.7 Å². The Morgan fingerprint density at radius 3 is 2.67 bits per heavy atom. The Kier molecular flexibility index (Phi) is 3.86. The van der Waals surface area contributed by atoms with Crippen molar-refractivity contribution in [1.29, 1.82) is 0 Å². The molecule has 21 heavy (non-hydrogen) atoms. The summed E-state index contributed by atoms with van der Waals surface area (Å²) in [4.78, 5) is 8.51. The molecule has 0 saturated carbocycles. The van der Waals surface area contributed by atoms with Crippen molar-refractivity contribution in [2.45, 2.75) is 6.92 Å². The molecule has 2 aromatic carbocycles. The first-order chi connectivity index (χ1) is 9.97. The van der Waals surface area contributed by atoms with Crippen molar-refractivity contribution < 1.29 is 4.39 Å². The van der Waals surface area contributed by atoms with Crippen molar-refractivity contribution in [3.63, 3.8) is 0 Å². The van der Waals surface area contributed by atoms with E-state index in [4.69, 9.17) is 23.2 Å². The molecule has 106 valence electrons. The molecule has 0 bridgehead atoms. The summed E-state index contributed by atoms with van der Waals surface area (Å²) in [5.41, 5.74) is 1.69. The van der Waals surface area contributed by atoms with E-state index in [0.717, 1.165) is 5.56 Å². The van der Waals surface area contributed by atoms with Gasteiger partial charge in [0.25, 0.3) is 0 Å². The Morgan fingerprint density at radius 2 is 1.90 bits per heavy atom. The third kappa shape index (κ3) is 2.63. The van der Waals surface area contributed by atoms with Gasteiger partial charge in [0.15, 0.2) is 11.6 Å². The number of halogens is 4. The second kappa shape index (κ2) is 5.52. The zero-order valence-electron chi connectivity index (χ0n) is 10.8. The molecule has 0 aliphatic rings. The molecule has 0 atom stereocenters. The van der Waals surface area contributed by atoms with Gasteiger partial charge in [-0.25, -0.2) is 14.4 Å². The van der Waals surface area contributed by atoms with Gasteiger partial charge < -0.3 is 0 Å². The predicted octanol–water partition coefficient (Wildman–Crippen LogP) is 5.81. The van der Waals surface area contributed by atoms with Gasteiger partial charge in [-0.2, -0.15) is 0 Å². The molecule has 1 aromatic heterocycles. The molecule has 0 fully saturated rings. The fourth-order valence-electron chi connectivity index (χ4n) is 2.06. The SMILES string of the molecule is Cc1cccc(-c2nc(Cl)c3cc(Br)cc(F)c3n2)c1Cl. The van der Waals surface area contributed by atoms with Crippen LogP contribution in [0.1, 0.15) is 5.56 Å². The molecular weight excluding hydrogens is 378 g/mol. The smallest absolute Gasteiger partial charge is 0.163 e. The molecule has 0 amide bonds. The maximum atomic E-state index is 14.1. The summed E-state index contributed by atoms with van der Waals surface area (Å²) >= 11 is 15.7. The van der Waals surface area contributed by atoms with Crippen LogP contribution in [0.2, 0.25) is 10.2 Å². The van der Waals surface area contributed by atoms with Crippen molar-refractivity contribution in [3.05, 3.63) is 56.4 Å². The number of aromatic nitrogens is 2. The first-order valence-corrected chi connectivity index (χ1v) is 7.60. The van der Waals surface area contributed by atoms with Crippen LogP contribution < -0.4 is 0 Å². The minimum atomic E-state index is -0.464. The highest BCUT2D eigenvalue weighted by Gasteiger charge is 2.14. The maximum Gasteiger partial charge on any atom is 0.163 e. The minimum absolute atomic E-state index is 0.172. The lowest BCUT2D eigenvalue weighted by molar-refractivity contribution is 0.636. The molecule has 6 heteroatoms. The van der Waals surface area contributed by atoms with Gasteiger partial charge in [0.1, 0.15) is 10.7 Å². The van der Waals surface area contributed by atoms with Gasteiger partial charge >= 0.3 is 0 Å². The summed E-state index contributed by atoms with van der Waals surface area (Å²) < 4.78 is 14.7. The summed E-state index contributed by atoms with van der Waals surface area (Å²) in [6.07, 6.45) is 0. The summed E-state index contributed by atoms with van der Waals surface area (Å²) in [5, 5.41) is 1.18. The van der Waals surface area contributed by atoms with Crippen LogP contribution in [0.15, 0.2) is 34.8 Å². The summed E-state index contributed by atoms with van der Waals surface area (Å²) in [6, 6.07) is 8.53. The lowest BCUT2D eigenvalue weighted by Gasteiger charge is -2.08. The second-order valence-corrected chi connectivity index (χ2v) is 6.21. The van der Waals surface area contributed by atoms with Crippen LogP contribution in [0.25, 0.3) is 22.3 Å². The average Bonchev–Trinajstić information content (AvgIpc) is 2.43. The van der Waals surface area contributed by atoms with Gasteiger partial charge in [-0.1, -0.05) is 51.3 Å². The number of hydrogen-bond acceptors (Lipinski definition) is 2. The number of aryl methyl sites for hydroxylation is 1. The van der Waals surface area contributed by atoms with Crippen molar-refractivity contribution in [1.82, 2.24) is 9.97 Å². The van der Waals surface area contributed by atoms with Gasteiger partial charge in [0, 0.05) is 15.4 Å². The standard InChI is InChI=1S/C15H8BrCl2FN2/c1-7-3-2-4-9(12(7)17)15-20-13-10(14(18)21-15)5-8(16)6-11(13)19/h2-6H,1H3. The molecular formula is C15H8BrCl2FN2. The second-order valence-electron chi connectivity index (χ2n) is 4.56. The fourth-order valence-corrected chi connectivity index (χ4v) is 2.93. The normalized spacial score (nSPS) is 11.1. The molecule has 0 aliphatic heterocycles. The summed E-state index contributed by atoms with van der Waals surface area (Å²) in [5.74, 6) is -0.156. The molecule has 0 unspecified atom stereocenters. The number of rotatable bonds is 1. The summed E-state index contributed by atoms with van der Waals surface area (Å²) in [7, 11) is 0. The van der Waals surface area contributed by atoms with E-state index in [2.05, 4.69) is 25.9 Å².